The molecule has 2 rings (SSSR count). The van der Waals surface area contributed by atoms with Crippen LogP contribution in [-0.4, -0.2) is 20.5 Å². The van der Waals surface area contributed by atoms with Crippen LogP contribution < -0.4 is 0 Å². The van der Waals surface area contributed by atoms with E-state index in [1.165, 1.54) is 6.20 Å². The lowest BCUT2D eigenvalue weighted by Gasteiger charge is -2.04. The molecule has 0 aromatic carbocycles. The quantitative estimate of drug-likeness (QED) is 0.892. The standard InChI is InChI=1S/C13H13N3O2/c1-9(6-14)2-3-10-4-5-12-15-7-11(13(17)18)16(12)8-10/h4-5,7-9H,2-3H2,1H3,(H,17,18). The number of aromatic carboxylic acids is 1. The summed E-state index contributed by atoms with van der Waals surface area (Å²) in [4.78, 5) is 15.0. The summed E-state index contributed by atoms with van der Waals surface area (Å²) < 4.78 is 1.56. The first-order valence-electron chi connectivity index (χ1n) is 5.70. The first kappa shape index (κ1) is 12.1. The number of pyridine rings is 1. The largest absolute Gasteiger partial charge is 0.477 e. The second-order valence-electron chi connectivity index (χ2n) is 4.28. The van der Waals surface area contributed by atoms with Gasteiger partial charge in [0.2, 0.25) is 0 Å². The molecule has 2 heterocycles. The number of aromatic nitrogens is 2. The minimum absolute atomic E-state index is 0.00225. The molecule has 2 aromatic rings. The van der Waals surface area contributed by atoms with Gasteiger partial charge in [0.1, 0.15) is 5.65 Å². The van der Waals surface area contributed by atoms with Crippen molar-refractivity contribution in [2.24, 2.45) is 5.92 Å². The maximum atomic E-state index is 11.0. The molecule has 0 bridgehead atoms. The fourth-order valence-corrected chi connectivity index (χ4v) is 1.78. The lowest BCUT2D eigenvalue weighted by atomic mass is 10.0. The van der Waals surface area contributed by atoms with Gasteiger partial charge in [-0.05, 0) is 31.4 Å². The number of fused-ring (bicyclic) bond motifs is 1. The Labute approximate surface area is 104 Å². The topological polar surface area (TPSA) is 78.4 Å². The Morgan fingerprint density at radius 3 is 3.06 bits per heavy atom. The van der Waals surface area contributed by atoms with Crippen LogP contribution in [0.3, 0.4) is 0 Å². The van der Waals surface area contributed by atoms with E-state index in [0.717, 1.165) is 18.4 Å². The third kappa shape index (κ3) is 2.33. The van der Waals surface area contributed by atoms with E-state index in [1.807, 2.05) is 13.0 Å². The second-order valence-corrected chi connectivity index (χ2v) is 4.28. The molecule has 92 valence electrons. The van der Waals surface area contributed by atoms with E-state index in [2.05, 4.69) is 11.1 Å². The zero-order valence-electron chi connectivity index (χ0n) is 10.00. The molecular weight excluding hydrogens is 230 g/mol. The number of nitriles is 1. The SMILES string of the molecule is CC(C#N)CCc1ccc2ncc(C(=O)O)n2c1. The zero-order valence-corrected chi connectivity index (χ0v) is 10.00. The molecule has 0 aliphatic carbocycles. The highest BCUT2D eigenvalue weighted by Crippen LogP contribution is 2.13. The van der Waals surface area contributed by atoms with Crippen molar-refractivity contribution in [2.75, 3.05) is 0 Å². The van der Waals surface area contributed by atoms with Gasteiger partial charge in [0.05, 0.1) is 12.3 Å². The lowest BCUT2D eigenvalue weighted by molar-refractivity contribution is 0.0689. The number of carboxylic acids is 1. The number of nitrogens with zero attached hydrogens (tertiary/aromatic N) is 3. The molecule has 0 spiro atoms. The van der Waals surface area contributed by atoms with E-state index in [9.17, 15) is 4.79 Å². The van der Waals surface area contributed by atoms with Gasteiger partial charge in [-0.3, -0.25) is 4.40 Å². The Morgan fingerprint density at radius 1 is 1.61 bits per heavy atom. The van der Waals surface area contributed by atoms with Crippen LogP contribution in [0, 0.1) is 17.2 Å². The highest BCUT2D eigenvalue weighted by Gasteiger charge is 2.10. The molecule has 0 fully saturated rings. The average molecular weight is 243 g/mol. The molecule has 1 N–H and O–H groups in total. The Kier molecular flexibility index (Phi) is 3.28. The second kappa shape index (κ2) is 4.88. The van der Waals surface area contributed by atoms with Crippen molar-refractivity contribution >= 4 is 11.6 Å². The van der Waals surface area contributed by atoms with Gasteiger partial charge < -0.3 is 5.11 Å². The van der Waals surface area contributed by atoms with Crippen molar-refractivity contribution in [1.82, 2.24) is 9.38 Å². The fraction of sp³-hybridized carbons (Fsp3) is 0.308. The van der Waals surface area contributed by atoms with E-state index in [4.69, 9.17) is 10.4 Å². The smallest absolute Gasteiger partial charge is 0.354 e. The molecular formula is C13H13N3O2. The van der Waals surface area contributed by atoms with Gasteiger partial charge in [0.15, 0.2) is 5.69 Å². The molecule has 5 nitrogen and oxygen atoms in total. The average Bonchev–Trinajstić information content (AvgIpc) is 2.78. The number of hydrogen-bond acceptors (Lipinski definition) is 3. The molecule has 0 amide bonds. The van der Waals surface area contributed by atoms with Crippen LogP contribution in [0.15, 0.2) is 24.5 Å². The monoisotopic (exact) mass is 243 g/mol. The van der Waals surface area contributed by atoms with Crippen LogP contribution in [0.25, 0.3) is 5.65 Å². The normalized spacial score (nSPS) is 12.2. The number of imidazole rings is 1. The zero-order chi connectivity index (χ0) is 13.1. The third-order valence-electron chi connectivity index (χ3n) is 2.87. The summed E-state index contributed by atoms with van der Waals surface area (Å²) in [6.07, 6.45) is 4.64. The van der Waals surface area contributed by atoms with Crippen molar-refractivity contribution in [3.8, 4) is 6.07 Å². The molecule has 0 aliphatic rings. The van der Waals surface area contributed by atoms with Gasteiger partial charge in [0, 0.05) is 12.1 Å². The van der Waals surface area contributed by atoms with Crippen LogP contribution in [-0.2, 0) is 6.42 Å². The number of hydrogen-bond donors (Lipinski definition) is 1. The van der Waals surface area contributed by atoms with Gasteiger partial charge in [-0.2, -0.15) is 5.26 Å². The minimum Gasteiger partial charge on any atom is -0.477 e. The summed E-state index contributed by atoms with van der Waals surface area (Å²) in [6.45, 7) is 1.87. The summed E-state index contributed by atoms with van der Waals surface area (Å²) in [5, 5.41) is 17.7. The van der Waals surface area contributed by atoms with E-state index < -0.39 is 5.97 Å². The number of carboxylic acid groups (broad SMARTS) is 1. The van der Waals surface area contributed by atoms with Crippen LogP contribution in [0.5, 0.6) is 0 Å². The van der Waals surface area contributed by atoms with Gasteiger partial charge in [0.25, 0.3) is 0 Å². The highest BCUT2D eigenvalue weighted by atomic mass is 16.4. The number of carbonyl (C=O) groups is 1. The van der Waals surface area contributed by atoms with Gasteiger partial charge in [-0.15, -0.1) is 0 Å². The van der Waals surface area contributed by atoms with Crippen molar-refractivity contribution in [3.63, 3.8) is 0 Å². The molecule has 5 heteroatoms. The minimum atomic E-state index is -0.995. The van der Waals surface area contributed by atoms with E-state index >= 15 is 0 Å². The molecule has 0 radical (unpaired) electrons. The molecule has 1 atom stereocenters. The van der Waals surface area contributed by atoms with Gasteiger partial charge >= 0.3 is 5.97 Å². The summed E-state index contributed by atoms with van der Waals surface area (Å²) in [7, 11) is 0. The first-order valence-corrected chi connectivity index (χ1v) is 5.70. The molecule has 2 aromatic heterocycles. The van der Waals surface area contributed by atoms with Gasteiger partial charge in [-0.1, -0.05) is 6.07 Å². The van der Waals surface area contributed by atoms with E-state index in [-0.39, 0.29) is 11.6 Å². The van der Waals surface area contributed by atoms with Crippen molar-refractivity contribution in [1.29, 1.82) is 5.26 Å². The molecule has 1 unspecified atom stereocenters. The van der Waals surface area contributed by atoms with Crippen molar-refractivity contribution in [3.05, 3.63) is 35.8 Å². The summed E-state index contributed by atoms with van der Waals surface area (Å²) in [5.41, 5.74) is 1.77. The number of aryl methyl sites for hydroxylation is 1. The Morgan fingerprint density at radius 2 is 2.39 bits per heavy atom. The van der Waals surface area contributed by atoms with Crippen LogP contribution in [0.4, 0.5) is 0 Å². The summed E-state index contributed by atoms with van der Waals surface area (Å²) in [5.74, 6) is -0.993. The van der Waals surface area contributed by atoms with E-state index in [1.54, 1.807) is 16.7 Å². The predicted molar refractivity (Wildman–Crippen MR) is 65.2 cm³/mol. The lowest BCUT2D eigenvalue weighted by Crippen LogP contribution is -2.02. The Bertz CT molecular complexity index is 625. The fourth-order valence-electron chi connectivity index (χ4n) is 1.78. The highest BCUT2D eigenvalue weighted by molar-refractivity contribution is 5.86. The van der Waals surface area contributed by atoms with Gasteiger partial charge in [-0.25, -0.2) is 9.78 Å². The maximum absolute atomic E-state index is 11.0. The van der Waals surface area contributed by atoms with Crippen LogP contribution in [0.1, 0.15) is 29.4 Å². The predicted octanol–water partition coefficient (Wildman–Crippen LogP) is 2.12. The third-order valence-corrected chi connectivity index (χ3v) is 2.87. The molecule has 0 saturated carbocycles. The molecule has 0 saturated heterocycles. The molecule has 18 heavy (non-hydrogen) atoms. The summed E-state index contributed by atoms with van der Waals surface area (Å²) >= 11 is 0. The van der Waals surface area contributed by atoms with Crippen LogP contribution in [0.2, 0.25) is 0 Å². The summed E-state index contributed by atoms with van der Waals surface area (Å²) in [6, 6.07) is 5.89. The van der Waals surface area contributed by atoms with E-state index in [0.29, 0.717) is 5.65 Å². The molecule has 0 aliphatic heterocycles. The Hall–Kier alpha value is -2.35. The van der Waals surface area contributed by atoms with Crippen molar-refractivity contribution in [2.45, 2.75) is 19.8 Å². The number of rotatable bonds is 4. The Balaban J connectivity index is 2.28. The van der Waals surface area contributed by atoms with Crippen molar-refractivity contribution < 1.29 is 9.90 Å². The maximum Gasteiger partial charge on any atom is 0.354 e. The first-order chi connectivity index (χ1) is 8.61. The van der Waals surface area contributed by atoms with Crippen LogP contribution >= 0.6 is 0 Å².